The van der Waals surface area contributed by atoms with E-state index in [2.05, 4.69) is 17.4 Å². The van der Waals surface area contributed by atoms with Gasteiger partial charge in [-0.1, -0.05) is 25.5 Å². The number of benzene rings is 1. The molecule has 0 radical (unpaired) electrons. The predicted molar refractivity (Wildman–Crippen MR) is 57.3 cm³/mol. The number of unbranched alkanes of at least 4 members (excludes halogenated alkanes) is 1. The lowest BCUT2D eigenvalue weighted by Gasteiger charge is -2.04. The van der Waals surface area contributed by atoms with Crippen molar-refractivity contribution in [2.75, 3.05) is 6.54 Å². The Morgan fingerprint density at radius 2 is 2.21 bits per heavy atom. The van der Waals surface area contributed by atoms with Gasteiger partial charge >= 0.3 is 0 Å². The van der Waals surface area contributed by atoms with Crippen molar-refractivity contribution in [3.63, 3.8) is 0 Å². The van der Waals surface area contributed by atoms with Crippen LogP contribution in [0.25, 0.3) is 0 Å². The number of aryl methyl sites for hydroxylation is 1. The molecule has 1 aromatic rings. The van der Waals surface area contributed by atoms with E-state index in [-0.39, 0.29) is 0 Å². The monoisotopic (exact) mass is 192 g/mol. The third-order valence-electron chi connectivity index (χ3n) is 2.30. The third-order valence-corrected chi connectivity index (χ3v) is 2.30. The van der Waals surface area contributed by atoms with Gasteiger partial charge < -0.3 is 5.32 Å². The minimum absolute atomic E-state index is 0.809. The Labute approximate surface area is 85.0 Å². The second-order valence-corrected chi connectivity index (χ2v) is 3.47. The highest BCUT2D eigenvalue weighted by Crippen LogP contribution is 2.24. The van der Waals surface area contributed by atoms with E-state index in [4.69, 9.17) is 5.53 Å². The van der Waals surface area contributed by atoms with E-state index in [1.54, 1.807) is 0 Å². The number of nitrogens with zero attached hydrogens (tertiary/aromatic N) is 1. The van der Waals surface area contributed by atoms with Crippen LogP contribution >= 0.6 is 0 Å². The summed E-state index contributed by atoms with van der Waals surface area (Å²) in [6.07, 6.45) is 2.40. The molecule has 1 rings (SSSR count). The second-order valence-electron chi connectivity index (χ2n) is 3.47. The van der Waals surface area contributed by atoms with Crippen LogP contribution in [0.5, 0.6) is 0 Å². The molecule has 0 aliphatic rings. The van der Waals surface area contributed by atoms with Gasteiger partial charge in [0.05, 0.1) is 6.54 Å². The number of hydrogen-bond acceptors (Lipinski definition) is 2. The zero-order valence-corrected chi connectivity index (χ0v) is 8.88. The molecule has 1 aromatic carbocycles. The van der Waals surface area contributed by atoms with E-state index < -0.39 is 0 Å². The van der Waals surface area contributed by atoms with Gasteiger partial charge in [-0.15, -0.1) is 0 Å². The van der Waals surface area contributed by atoms with Crippen LogP contribution in [0.4, 0.5) is 11.4 Å². The Hall–Kier alpha value is -1.22. The fourth-order valence-corrected chi connectivity index (χ4v) is 1.46. The van der Waals surface area contributed by atoms with Gasteiger partial charge in [0.1, 0.15) is 5.69 Å². The van der Waals surface area contributed by atoms with Gasteiger partial charge in [-0.3, -0.25) is 0 Å². The summed E-state index contributed by atoms with van der Waals surface area (Å²) in [6.45, 7) is 5.24. The quantitative estimate of drug-likeness (QED) is 0.409. The first-order chi connectivity index (χ1) is 6.79. The minimum Gasteiger partial charge on any atom is -0.312 e. The van der Waals surface area contributed by atoms with Crippen molar-refractivity contribution >= 4 is 11.4 Å². The van der Waals surface area contributed by atoms with E-state index in [0.717, 1.165) is 23.5 Å². The lowest BCUT2D eigenvalue weighted by Crippen LogP contribution is -2.78. The Kier molecular flexibility index (Phi) is 4.26. The Morgan fingerprint density at radius 3 is 2.86 bits per heavy atom. The maximum atomic E-state index is 7.11. The molecule has 3 N–H and O–H groups in total. The van der Waals surface area contributed by atoms with Gasteiger partial charge in [0.2, 0.25) is 0 Å². The van der Waals surface area contributed by atoms with Crippen molar-refractivity contribution in [2.24, 2.45) is 5.11 Å². The molecule has 0 spiro atoms. The van der Waals surface area contributed by atoms with Gasteiger partial charge in [0.15, 0.2) is 5.69 Å². The van der Waals surface area contributed by atoms with Gasteiger partial charge in [-0.05, 0) is 18.9 Å². The molecule has 0 amide bonds. The molecule has 14 heavy (non-hydrogen) atoms. The van der Waals surface area contributed by atoms with Crippen molar-refractivity contribution in [1.29, 1.82) is 5.53 Å². The largest absolute Gasteiger partial charge is 0.312 e. The Bertz CT molecular complexity index is 307. The number of nitrogens with two attached hydrogens (primary N) is 1. The average Bonchev–Trinajstić information content (AvgIpc) is 2.18. The summed E-state index contributed by atoms with van der Waals surface area (Å²) in [7, 11) is 0. The first-order valence-electron chi connectivity index (χ1n) is 5.10. The summed E-state index contributed by atoms with van der Waals surface area (Å²) >= 11 is 0. The van der Waals surface area contributed by atoms with Gasteiger partial charge in [-0.2, -0.15) is 5.11 Å². The SMILES string of the molecule is CCCC[NH2+]c1cccc(C)c1N=N. The molecule has 0 aromatic heterocycles. The molecule has 0 unspecified atom stereocenters. The van der Waals surface area contributed by atoms with Crippen LogP contribution in [0, 0.1) is 12.5 Å². The van der Waals surface area contributed by atoms with Gasteiger partial charge in [0.25, 0.3) is 0 Å². The predicted octanol–water partition coefficient (Wildman–Crippen LogP) is 2.65. The summed E-state index contributed by atoms with van der Waals surface area (Å²) in [5, 5.41) is 5.74. The highest BCUT2D eigenvalue weighted by atomic mass is 15.0. The van der Waals surface area contributed by atoms with Crippen LogP contribution in [0.3, 0.4) is 0 Å². The number of para-hydroxylation sites is 1. The highest BCUT2D eigenvalue weighted by molar-refractivity contribution is 5.60. The van der Waals surface area contributed by atoms with Crippen molar-refractivity contribution < 1.29 is 5.32 Å². The van der Waals surface area contributed by atoms with Crippen LogP contribution in [-0.4, -0.2) is 6.54 Å². The molecule has 0 saturated carbocycles. The lowest BCUT2D eigenvalue weighted by atomic mass is 10.1. The molecule has 76 valence electrons. The van der Waals surface area contributed by atoms with E-state index in [9.17, 15) is 0 Å². The molecular formula is C11H18N3+. The maximum absolute atomic E-state index is 7.11. The van der Waals surface area contributed by atoms with E-state index in [1.807, 2.05) is 25.1 Å². The molecule has 0 saturated heterocycles. The van der Waals surface area contributed by atoms with Crippen LogP contribution in [0.15, 0.2) is 23.3 Å². The van der Waals surface area contributed by atoms with E-state index in [0.29, 0.717) is 0 Å². The van der Waals surface area contributed by atoms with Crippen molar-refractivity contribution in [3.8, 4) is 0 Å². The zero-order chi connectivity index (χ0) is 10.4. The average molecular weight is 192 g/mol. The minimum atomic E-state index is 0.809. The van der Waals surface area contributed by atoms with Gasteiger partial charge in [-0.25, -0.2) is 5.53 Å². The summed E-state index contributed by atoms with van der Waals surface area (Å²) in [5.41, 5.74) is 10.1. The standard InChI is InChI=1S/C11H17N3/c1-3-4-8-13-10-7-5-6-9(2)11(10)14-12/h5-7,12-13H,3-4,8H2,1-2H3/p+1. The Morgan fingerprint density at radius 1 is 1.43 bits per heavy atom. The molecule has 0 atom stereocenters. The molecule has 3 heteroatoms. The molecule has 0 aliphatic carbocycles. The summed E-state index contributed by atoms with van der Waals surface area (Å²) in [5.74, 6) is 0. The van der Waals surface area contributed by atoms with Crippen LogP contribution < -0.4 is 5.32 Å². The molecule has 0 aliphatic heterocycles. The van der Waals surface area contributed by atoms with Crippen molar-refractivity contribution in [1.82, 2.24) is 0 Å². The first-order valence-corrected chi connectivity index (χ1v) is 5.10. The van der Waals surface area contributed by atoms with E-state index in [1.165, 1.54) is 12.8 Å². The summed E-state index contributed by atoms with van der Waals surface area (Å²) < 4.78 is 0. The number of nitrogens with one attached hydrogen (secondary N) is 1. The first kappa shape index (κ1) is 10.9. The number of hydrogen-bond donors (Lipinski definition) is 2. The fraction of sp³-hybridized carbons (Fsp3) is 0.455. The molecular weight excluding hydrogens is 174 g/mol. The molecule has 0 heterocycles. The summed E-state index contributed by atoms with van der Waals surface area (Å²) in [6, 6.07) is 6.03. The van der Waals surface area contributed by atoms with Crippen LogP contribution in [-0.2, 0) is 0 Å². The van der Waals surface area contributed by atoms with Crippen molar-refractivity contribution in [3.05, 3.63) is 23.8 Å². The highest BCUT2D eigenvalue weighted by Gasteiger charge is 2.06. The third kappa shape index (κ3) is 2.64. The maximum Gasteiger partial charge on any atom is 0.157 e. The number of rotatable bonds is 5. The normalized spacial score (nSPS) is 10.1. The lowest BCUT2D eigenvalue weighted by molar-refractivity contribution is -0.571. The van der Waals surface area contributed by atoms with Gasteiger partial charge in [0, 0.05) is 6.07 Å². The molecule has 0 bridgehead atoms. The fourth-order valence-electron chi connectivity index (χ4n) is 1.46. The second kappa shape index (κ2) is 5.50. The Balaban J connectivity index is 2.75. The van der Waals surface area contributed by atoms with E-state index >= 15 is 0 Å². The van der Waals surface area contributed by atoms with Crippen LogP contribution in [0.2, 0.25) is 0 Å². The zero-order valence-electron chi connectivity index (χ0n) is 8.88. The molecule has 3 nitrogen and oxygen atoms in total. The van der Waals surface area contributed by atoms with Crippen molar-refractivity contribution in [2.45, 2.75) is 26.7 Å². The van der Waals surface area contributed by atoms with Crippen LogP contribution in [0.1, 0.15) is 25.3 Å². The molecule has 0 fully saturated rings. The summed E-state index contributed by atoms with van der Waals surface area (Å²) in [4.78, 5) is 0. The smallest absolute Gasteiger partial charge is 0.157 e. The number of quaternary nitrogens is 1. The topological polar surface area (TPSA) is 52.8 Å².